The van der Waals surface area contributed by atoms with Gasteiger partial charge in [0.15, 0.2) is 6.10 Å². The summed E-state index contributed by atoms with van der Waals surface area (Å²) >= 11 is 0. The monoisotopic (exact) mass is 353 g/mol. The van der Waals surface area contributed by atoms with Crippen LogP contribution < -0.4 is 10.1 Å². The molecule has 1 N–H and O–H groups in total. The Morgan fingerprint density at radius 3 is 2.50 bits per heavy atom. The van der Waals surface area contributed by atoms with Gasteiger partial charge in [0.2, 0.25) is 0 Å². The van der Waals surface area contributed by atoms with Gasteiger partial charge in [-0.2, -0.15) is 0 Å². The van der Waals surface area contributed by atoms with Crippen LogP contribution in [0, 0.1) is 12.7 Å². The van der Waals surface area contributed by atoms with E-state index >= 15 is 0 Å². The molecule has 0 saturated heterocycles. The van der Waals surface area contributed by atoms with Crippen molar-refractivity contribution in [1.29, 1.82) is 0 Å². The molecule has 1 aromatic heterocycles. The van der Waals surface area contributed by atoms with Crippen LogP contribution in [0.3, 0.4) is 0 Å². The third-order valence-corrected chi connectivity index (χ3v) is 4.00. The summed E-state index contributed by atoms with van der Waals surface area (Å²) in [4.78, 5) is 16.4. The van der Waals surface area contributed by atoms with Crippen molar-refractivity contribution in [2.75, 3.05) is 0 Å². The zero-order valence-electron chi connectivity index (χ0n) is 14.6. The van der Waals surface area contributed by atoms with E-state index in [2.05, 4.69) is 10.3 Å². The molecule has 5 nitrogen and oxygen atoms in total. The number of carbonyl (C=O) groups is 1. The van der Waals surface area contributed by atoms with E-state index < -0.39 is 6.10 Å². The number of aryl methyl sites for hydroxylation is 1. The lowest BCUT2D eigenvalue weighted by Crippen LogP contribution is -2.35. The van der Waals surface area contributed by atoms with Crippen LogP contribution in [0.15, 0.2) is 60.9 Å². The fraction of sp³-hybridized carbons (Fsp3) is 0.200. The number of amides is 1. The van der Waals surface area contributed by atoms with Crippen molar-refractivity contribution in [1.82, 2.24) is 14.9 Å². The van der Waals surface area contributed by atoms with Gasteiger partial charge in [0.1, 0.15) is 17.4 Å². The fourth-order valence-corrected chi connectivity index (χ4v) is 2.53. The smallest absolute Gasteiger partial charge is 0.261 e. The molecule has 0 spiro atoms. The zero-order valence-corrected chi connectivity index (χ0v) is 14.6. The molecule has 6 heteroatoms. The largest absolute Gasteiger partial charge is 0.481 e. The summed E-state index contributed by atoms with van der Waals surface area (Å²) in [5, 5.41) is 2.84. The van der Waals surface area contributed by atoms with Gasteiger partial charge in [-0.1, -0.05) is 12.1 Å². The van der Waals surface area contributed by atoms with Crippen LogP contribution in [-0.4, -0.2) is 21.6 Å². The highest BCUT2D eigenvalue weighted by Gasteiger charge is 2.14. The number of imidazole rings is 1. The van der Waals surface area contributed by atoms with Crippen LogP contribution in [0.5, 0.6) is 5.75 Å². The van der Waals surface area contributed by atoms with Gasteiger partial charge in [-0.15, -0.1) is 0 Å². The van der Waals surface area contributed by atoms with Crippen LogP contribution in [-0.2, 0) is 11.3 Å². The van der Waals surface area contributed by atoms with E-state index in [1.807, 2.05) is 42.0 Å². The number of carbonyl (C=O) groups excluding carboxylic acids is 1. The summed E-state index contributed by atoms with van der Waals surface area (Å²) in [6.07, 6.45) is 2.99. The first-order valence-electron chi connectivity index (χ1n) is 8.32. The lowest BCUT2D eigenvalue weighted by atomic mass is 10.2. The summed E-state index contributed by atoms with van der Waals surface area (Å²) in [7, 11) is 0. The predicted octanol–water partition coefficient (Wildman–Crippen LogP) is 3.40. The minimum Gasteiger partial charge on any atom is -0.481 e. The maximum Gasteiger partial charge on any atom is 0.261 e. The Balaban J connectivity index is 1.54. The number of benzene rings is 2. The van der Waals surface area contributed by atoms with Gasteiger partial charge in [0, 0.05) is 24.6 Å². The molecule has 3 rings (SSSR count). The molecule has 0 aliphatic carbocycles. The Hall–Kier alpha value is -3.15. The average molecular weight is 353 g/mol. The van der Waals surface area contributed by atoms with E-state index in [9.17, 15) is 9.18 Å². The first kappa shape index (κ1) is 17.7. The first-order valence-corrected chi connectivity index (χ1v) is 8.32. The van der Waals surface area contributed by atoms with Crippen LogP contribution in [0.1, 0.15) is 18.3 Å². The highest BCUT2D eigenvalue weighted by atomic mass is 19.1. The van der Waals surface area contributed by atoms with Crippen molar-refractivity contribution in [3.63, 3.8) is 0 Å². The standard InChI is InChI=1S/C20H20FN3O2/c1-14(26-19-9-5-17(21)6-10-19)20(25)23-13-16-3-7-18(8-4-16)24-12-11-22-15(24)2/h3-12,14H,13H2,1-2H3,(H,23,25)/t14-/m1/s1. The molecule has 0 bridgehead atoms. The third-order valence-electron chi connectivity index (χ3n) is 4.00. The third kappa shape index (κ3) is 4.27. The Kier molecular flexibility index (Phi) is 5.31. The van der Waals surface area contributed by atoms with E-state index in [1.165, 1.54) is 24.3 Å². The normalized spacial score (nSPS) is 11.8. The minimum absolute atomic E-state index is 0.233. The second kappa shape index (κ2) is 7.82. The second-order valence-corrected chi connectivity index (χ2v) is 5.94. The number of hydrogen-bond acceptors (Lipinski definition) is 3. The summed E-state index contributed by atoms with van der Waals surface area (Å²) in [6.45, 7) is 4.00. The number of aromatic nitrogens is 2. The molecule has 0 aliphatic heterocycles. The quantitative estimate of drug-likeness (QED) is 0.739. The lowest BCUT2D eigenvalue weighted by molar-refractivity contribution is -0.127. The number of ether oxygens (including phenoxy) is 1. The molecule has 1 atom stereocenters. The van der Waals surface area contributed by atoms with Gasteiger partial charge in [-0.25, -0.2) is 9.37 Å². The molecule has 0 aliphatic rings. The van der Waals surface area contributed by atoms with Crippen molar-refractivity contribution in [3.05, 3.63) is 78.1 Å². The summed E-state index contributed by atoms with van der Waals surface area (Å²) in [5.41, 5.74) is 2.00. The Morgan fingerprint density at radius 1 is 1.19 bits per heavy atom. The number of nitrogens with one attached hydrogen (secondary N) is 1. The van der Waals surface area contributed by atoms with Gasteiger partial charge in [-0.3, -0.25) is 4.79 Å². The minimum atomic E-state index is -0.673. The highest BCUT2D eigenvalue weighted by Crippen LogP contribution is 2.14. The summed E-state index contributed by atoms with van der Waals surface area (Å²) < 4.78 is 20.4. The first-order chi connectivity index (χ1) is 12.5. The van der Waals surface area contributed by atoms with Gasteiger partial charge in [0.05, 0.1) is 0 Å². The van der Waals surface area contributed by atoms with Crippen LogP contribution in [0.25, 0.3) is 5.69 Å². The van der Waals surface area contributed by atoms with Crippen LogP contribution in [0.2, 0.25) is 0 Å². The zero-order chi connectivity index (χ0) is 18.5. The topological polar surface area (TPSA) is 56.2 Å². The maximum atomic E-state index is 12.9. The summed E-state index contributed by atoms with van der Waals surface area (Å²) in [5.74, 6) is 0.791. The Morgan fingerprint density at radius 2 is 1.88 bits per heavy atom. The molecule has 3 aromatic rings. The van der Waals surface area contributed by atoms with Crippen molar-refractivity contribution in [2.45, 2.75) is 26.5 Å². The Bertz CT molecular complexity index is 873. The molecule has 26 heavy (non-hydrogen) atoms. The summed E-state index contributed by atoms with van der Waals surface area (Å²) in [6, 6.07) is 13.5. The number of halogens is 1. The van der Waals surface area contributed by atoms with Crippen molar-refractivity contribution in [3.8, 4) is 11.4 Å². The van der Waals surface area contributed by atoms with Gasteiger partial charge >= 0.3 is 0 Å². The molecular formula is C20H20FN3O2. The molecule has 2 aromatic carbocycles. The van der Waals surface area contributed by atoms with E-state index in [1.54, 1.807) is 13.1 Å². The molecule has 0 saturated carbocycles. The number of nitrogens with zero attached hydrogens (tertiary/aromatic N) is 2. The molecule has 134 valence electrons. The average Bonchev–Trinajstić information content (AvgIpc) is 3.08. The highest BCUT2D eigenvalue weighted by molar-refractivity contribution is 5.80. The van der Waals surface area contributed by atoms with E-state index in [0.717, 1.165) is 17.1 Å². The maximum absolute atomic E-state index is 12.9. The van der Waals surface area contributed by atoms with Crippen molar-refractivity contribution < 1.29 is 13.9 Å². The van der Waals surface area contributed by atoms with Crippen molar-refractivity contribution in [2.24, 2.45) is 0 Å². The molecule has 1 amide bonds. The van der Waals surface area contributed by atoms with Crippen LogP contribution >= 0.6 is 0 Å². The molecule has 0 unspecified atom stereocenters. The number of hydrogen-bond donors (Lipinski definition) is 1. The molecule has 0 fully saturated rings. The fourth-order valence-electron chi connectivity index (χ4n) is 2.53. The predicted molar refractivity (Wildman–Crippen MR) is 96.6 cm³/mol. The van der Waals surface area contributed by atoms with E-state index in [-0.39, 0.29) is 11.7 Å². The second-order valence-electron chi connectivity index (χ2n) is 5.94. The van der Waals surface area contributed by atoms with Crippen molar-refractivity contribution >= 4 is 5.91 Å². The molecule has 0 radical (unpaired) electrons. The van der Waals surface area contributed by atoms with E-state index in [4.69, 9.17) is 4.74 Å². The molecule has 1 heterocycles. The van der Waals surface area contributed by atoms with Gasteiger partial charge in [0.25, 0.3) is 5.91 Å². The number of rotatable bonds is 6. The SMILES string of the molecule is Cc1nccn1-c1ccc(CNC(=O)[C@@H](C)Oc2ccc(F)cc2)cc1. The molecular weight excluding hydrogens is 333 g/mol. The lowest BCUT2D eigenvalue weighted by Gasteiger charge is -2.15. The van der Waals surface area contributed by atoms with Gasteiger partial charge < -0.3 is 14.6 Å². The van der Waals surface area contributed by atoms with E-state index in [0.29, 0.717) is 12.3 Å². The Labute approximate surface area is 151 Å². The van der Waals surface area contributed by atoms with Crippen LogP contribution in [0.4, 0.5) is 4.39 Å². The van der Waals surface area contributed by atoms with Gasteiger partial charge in [-0.05, 0) is 55.8 Å².